The van der Waals surface area contributed by atoms with Crippen molar-refractivity contribution < 1.29 is 0 Å². The topological polar surface area (TPSA) is 35.5 Å². The van der Waals surface area contributed by atoms with Crippen LogP contribution >= 0.6 is 0 Å². The lowest BCUT2D eigenvalue weighted by molar-refractivity contribution is 0.0630. The van der Waals surface area contributed by atoms with E-state index in [1.165, 1.54) is 51.9 Å². The summed E-state index contributed by atoms with van der Waals surface area (Å²) in [7, 11) is 0. The van der Waals surface area contributed by atoms with Crippen LogP contribution in [0.4, 0.5) is 5.95 Å². The third kappa shape index (κ3) is 3.58. The third-order valence-electron chi connectivity index (χ3n) is 6.71. The van der Waals surface area contributed by atoms with Gasteiger partial charge in [-0.15, -0.1) is 0 Å². The third-order valence-corrected chi connectivity index (χ3v) is 6.71. The summed E-state index contributed by atoms with van der Waals surface area (Å²) in [6, 6.07) is 12.3. The maximum atomic E-state index is 4.41. The Morgan fingerprint density at radius 2 is 1.22 bits per heavy atom. The van der Waals surface area contributed by atoms with E-state index in [0.29, 0.717) is 0 Å². The highest BCUT2D eigenvalue weighted by Crippen LogP contribution is 2.27. The molecule has 3 aliphatic rings. The Kier molecular flexibility index (Phi) is 4.80. The van der Waals surface area contributed by atoms with Crippen molar-refractivity contribution in [1.29, 1.82) is 0 Å². The molecular weight excluding hydrogens is 334 g/mol. The van der Waals surface area contributed by atoms with Gasteiger partial charge in [0.15, 0.2) is 0 Å². The molecule has 0 radical (unpaired) electrons. The van der Waals surface area contributed by atoms with Crippen LogP contribution in [0.3, 0.4) is 0 Å². The fraction of sp³-hybridized carbons (Fsp3) is 0.545. The van der Waals surface area contributed by atoms with Gasteiger partial charge in [-0.25, -0.2) is 9.97 Å². The van der Waals surface area contributed by atoms with E-state index in [1.54, 1.807) is 11.1 Å². The Bertz CT molecular complexity index is 723. The number of aromatic nitrogens is 2. The molecule has 5 rings (SSSR count). The summed E-state index contributed by atoms with van der Waals surface area (Å²) >= 11 is 0. The number of rotatable bonds is 3. The monoisotopic (exact) mass is 363 g/mol. The molecule has 142 valence electrons. The number of piperazine rings is 1. The first-order valence-electron chi connectivity index (χ1n) is 10.4. The van der Waals surface area contributed by atoms with Crippen molar-refractivity contribution in [1.82, 2.24) is 19.8 Å². The molecule has 0 amide bonds. The van der Waals surface area contributed by atoms with Crippen LogP contribution in [0.25, 0.3) is 0 Å². The summed E-state index contributed by atoms with van der Waals surface area (Å²) in [4.78, 5) is 16.6. The van der Waals surface area contributed by atoms with Crippen LogP contribution in [0, 0.1) is 0 Å². The van der Waals surface area contributed by atoms with Gasteiger partial charge in [0.2, 0.25) is 5.95 Å². The van der Waals surface area contributed by atoms with Crippen molar-refractivity contribution in [2.75, 3.05) is 44.2 Å². The Labute approximate surface area is 162 Å². The molecule has 2 saturated heterocycles. The zero-order valence-corrected chi connectivity index (χ0v) is 16.0. The van der Waals surface area contributed by atoms with E-state index in [2.05, 4.69) is 48.9 Å². The summed E-state index contributed by atoms with van der Waals surface area (Å²) in [6.45, 7) is 7.04. The van der Waals surface area contributed by atoms with E-state index in [1.807, 2.05) is 18.5 Å². The van der Waals surface area contributed by atoms with Gasteiger partial charge in [-0.3, -0.25) is 9.80 Å². The Morgan fingerprint density at radius 1 is 0.667 bits per heavy atom. The predicted octanol–water partition coefficient (Wildman–Crippen LogP) is 2.23. The van der Waals surface area contributed by atoms with Gasteiger partial charge in [0.25, 0.3) is 0 Å². The molecule has 3 heterocycles. The zero-order valence-electron chi connectivity index (χ0n) is 16.0. The molecule has 1 aromatic heterocycles. The predicted molar refractivity (Wildman–Crippen MR) is 108 cm³/mol. The molecule has 0 bridgehead atoms. The minimum absolute atomic E-state index is 0.724. The average molecular weight is 364 g/mol. The molecule has 5 heteroatoms. The molecule has 1 aliphatic carbocycles. The minimum atomic E-state index is 0.724. The number of fused-ring (bicyclic) bond motifs is 1. The second kappa shape index (κ2) is 7.56. The average Bonchev–Trinajstić information content (AvgIpc) is 3.19. The van der Waals surface area contributed by atoms with Crippen LogP contribution in [0.2, 0.25) is 0 Å². The molecule has 0 saturated carbocycles. The second-order valence-corrected chi connectivity index (χ2v) is 8.17. The van der Waals surface area contributed by atoms with E-state index in [0.717, 1.165) is 31.1 Å². The molecule has 1 aromatic carbocycles. The van der Waals surface area contributed by atoms with Crippen LogP contribution in [0.5, 0.6) is 0 Å². The maximum Gasteiger partial charge on any atom is 0.225 e. The van der Waals surface area contributed by atoms with Crippen LogP contribution in [0.15, 0.2) is 42.7 Å². The van der Waals surface area contributed by atoms with Gasteiger partial charge in [0.05, 0.1) is 0 Å². The first-order valence-corrected chi connectivity index (χ1v) is 10.4. The largest absolute Gasteiger partial charge is 0.341 e. The van der Waals surface area contributed by atoms with E-state index >= 15 is 0 Å². The van der Waals surface area contributed by atoms with Crippen LogP contribution in [0.1, 0.15) is 24.0 Å². The number of nitrogens with zero attached hydrogens (tertiary/aromatic N) is 5. The molecule has 27 heavy (non-hydrogen) atoms. The number of hydrogen-bond acceptors (Lipinski definition) is 5. The molecular formula is C22H29N5. The lowest BCUT2D eigenvalue weighted by Crippen LogP contribution is -2.55. The van der Waals surface area contributed by atoms with Gasteiger partial charge in [0, 0.05) is 63.7 Å². The first-order chi connectivity index (χ1) is 13.4. The van der Waals surface area contributed by atoms with Gasteiger partial charge in [-0.1, -0.05) is 24.3 Å². The van der Waals surface area contributed by atoms with Gasteiger partial charge in [-0.05, 0) is 42.9 Å². The Morgan fingerprint density at radius 3 is 1.81 bits per heavy atom. The SMILES string of the molecule is c1cnc(N2CCC(N3CCN(C4Cc5ccccc5C4)CC3)CC2)nc1. The summed E-state index contributed by atoms with van der Waals surface area (Å²) in [6.07, 6.45) is 8.63. The first kappa shape index (κ1) is 17.1. The van der Waals surface area contributed by atoms with Crippen molar-refractivity contribution in [2.24, 2.45) is 0 Å². The normalized spacial score (nSPS) is 22.9. The standard InChI is InChI=1S/C22H29N5/c1-2-5-19-17-21(16-18(19)4-1)26-14-12-25(13-15-26)20-6-10-27(11-7-20)22-23-8-3-9-24-22/h1-5,8-9,20-21H,6-7,10-17H2. The lowest BCUT2D eigenvalue weighted by atomic mass is 10.0. The van der Waals surface area contributed by atoms with E-state index < -0.39 is 0 Å². The Balaban J connectivity index is 1.11. The number of hydrogen-bond donors (Lipinski definition) is 0. The summed E-state index contributed by atoms with van der Waals surface area (Å²) in [5, 5.41) is 0. The molecule has 5 nitrogen and oxygen atoms in total. The van der Waals surface area contributed by atoms with E-state index in [9.17, 15) is 0 Å². The highest BCUT2D eigenvalue weighted by molar-refractivity contribution is 5.33. The Hall–Kier alpha value is -1.98. The molecule has 2 fully saturated rings. The smallest absolute Gasteiger partial charge is 0.225 e. The molecule has 0 spiro atoms. The second-order valence-electron chi connectivity index (χ2n) is 8.17. The molecule has 2 aliphatic heterocycles. The summed E-state index contributed by atoms with van der Waals surface area (Å²) in [5.74, 6) is 0.890. The van der Waals surface area contributed by atoms with Crippen molar-refractivity contribution in [3.8, 4) is 0 Å². The quantitative estimate of drug-likeness (QED) is 0.836. The van der Waals surface area contributed by atoms with Crippen molar-refractivity contribution in [3.05, 3.63) is 53.9 Å². The maximum absolute atomic E-state index is 4.41. The van der Waals surface area contributed by atoms with Gasteiger partial charge >= 0.3 is 0 Å². The summed E-state index contributed by atoms with van der Waals surface area (Å²) < 4.78 is 0. The lowest BCUT2D eigenvalue weighted by Gasteiger charge is -2.44. The van der Waals surface area contributed by atoms with Crippen molar-refractivity contribution >= 4 is 5.95 Å². The molecule has 2 aromatic rings. The zero-order chi connectivity index (χ0) is 18.1. The van der Waals surface area contributed by atoms with Gasteiger partial charge in [0.1, 0.15) is 0 Å². The summed E-state index contributed by atoms with van der Waals surface area (Å²) in [5.41, 5.74) is 3.14. The fourth-order valence-corrected chi connectivity index (χ4v) is 5.15. The molecule has 0 unspecified atom stereocenters. The van der Waals surface area contributed by atoms with Crippen molar-refractivity contribution in [2.45, 2.75) is 37.8 Å². The van der Waals surface area contributed by atoms with Gasteiger partial charge < -0.3 is 4.90 Å². The van der Waals surface area contributed by atoms with Crippen molar-refractivity contribution in [3.63, 3.8) is 0 Å². The van der Waals surface area contributed by atoms with Gasteiger partial charge in [-0.2, -0.15) is 0 Å². The van der Waals surface area contributed by atoms with Crippen LogP contribution in [-0.2, 0) is 12.8 Å². The fourth-order valence-electron chi connectivity index (χ4n) is 5.15. The number of anilines is 1. The highest BCUT2D eigenvalue weighted by Gasteiger charge is 2.32. The van der Waals surface area contributed by atoms with Crippen LogP contribution in [-0.4, -0.2) is 71.1 Å². The van der Waals surface area contributed by atoms with E-state index in [4.69, 9.17) is 0 Å². The molecule has 0 atom stereocenters. The molecule has 0 N–H and O–H groups in total. The van der Waals surface area contributed by atoms with E-state index in [-0.39, 0.29) is 0 Å². The number of piperidine rings is 1. The number of benzene rings is 1. The highest BCUT2D eigenvalue weighted by atomic mass is 15.3. The van der Waals surface area contributed by atoms with Crippen LogP contribution < -0.4 is 4.90 Å². The minimum Gasteiger partial charge on any atom is -0.341 e.